The van der Waals surface area contributed by atoms with E-state index in [-0.39, 0.29) is 0 Å². The predicted octanol–water partition coefficient (Wildman–Crippen LogP) is 4.86. The van der Waals surface area contributed by atoms with Crippen LogP contribution in [0.25, 0.3) is 22.2 Å². The van der Waals surface area contributed by atoms with Gasteiger partial charge in [-0.25, -0.2) is 0 Å². The molecule has 0 aliphatic heterocycles. The van der Waals surface area contributed by atoms with E-state index in [1.165, 1.54) is 6.07 Å². The van der Waals surface area contributed by atoms with Gasteiger partial charge in [0.05, 0.1) is 12.7 Å². The monoisotopic (exact) mass is 291 g/mol. The SMILES string of the molecule is COc1cccc(-c2cc3cc(C(F)(F)F)ccc3[nH]2)c1. The first-order chi connectivity index (χ1) is 9.97. The van der Waals surface area contributed by atoms with Gasteiger partial charge < -0.3 is 9.72 Å². The number of aromatic amines is 1. The van der Waals surface area contributed by atoms with Crippen molar-refractivity contribution in [1.82, 2.24) is 4.98 Å². The maximum Gasteiger partial charge on any atom is 0.416 e. The van der Waals surface area contributed by atoms with Crippen molar-refractivity contribution in [2.45, 2.75) is 6.18 Å². The molecular weight excluding hydrogens is 279 g/mol. The molecule has 0 aliphatic carbocycles. The minimum absolute atomic E-state index is 0.530. The highest BCUT2D eigenvalue weighted by molar-refractivity contribution is 5.86. The number of alkyl halides is 3. The van der Waals surface area contributed by atoms with Crippen LogP contribution in [0.3, 0.4) is 0 Å². The van der Waals surface area contributed by atoms with Gasteiger partial charge in [-0.05, 0) is 36.4 Å². The number of nitrogens with one attached hydrogen (secondary N) is 1. The fourth-order valence-electron chi connectivity index (χ4n) is 2.26. The summed E-state index contributed by atoms with van der Waals surface area (Å²) in [4.78, 5) is 3.12. The Hall–Kier alpha value is -2.43. The lowest BCUT2D eigenvalue weighted by Gasteiger charge is -2.05. The highest BCUT2D eigenvalue weighted by Gasteiger charge is 2.30. The standard InChI is InChI=1S/C16H12F3NO/c1-21-13-4-2-3-10(8-13)15-9-11-7-12(16(17,18)19)5-6-14(11)20-15/h2-9,20H,1H3. The topological polar surface area (TPSA) is 25.0 Å². The van der Waals surface area contributed by atoms with Gasteiger partial charge in [-0.3, -0.25) is 0 Å². The number of rotatable bonds is 2. The Labute approximate surface area is 119 Å². The number of hydrogen-bond donors (Lipinski definition) is 1. The molecule has 1 heterocycles. The molecule has 0 unspecified atom stereocenters. The Morgan fingerprint density at radius 2 is 1.81 bits per heavy atom. The van der Waals surface area contributed by atoms with E-state index in [1.54, 1.807) is 13.2 Å². The number of aromatic nitrogens is 1. The molecule has 0 amide bonds. The summed E-state index contributed by atoms with van der Waals surface area (Å²) < 4.78 is 43.3. The molecule has 0 spiro atoms. The first kappa shape index (κ1) is 13.5. The molecule has 1 N–H and O–H groups in total. The molecule has 2 nitrogen and oxygen atoms in total. The molecular formula is C16H12F3NO. The molecule has 2 aromatic carbocycles. The average Bonchev–Trinajstić information content (AvgIpc) is 2.89. The lowest BCUT2D eigenvalue weighted by atomic mass is 10.1. The number of methoxy groups -OCH3 is 1. The van der Waals surface area contributed by atoms with E-state index < -0.39 is 11.7 Å². The van der Waals surface area contributed by atoms with Crippen LogP contribution in [0.4, 0.5) is 13.2 Å². The van der Waals surface area contributed by atoms with Gasteiger partial charge in [0.1, 0.15) is 5.75 Å². The van der Waals surface area contributed by atoms with Crippen LogP contribution in [0, 0.1) is 0 Å². The molecule has 0 radical (unpaired) electrons. The number of hydrogen-bond acceptors (Lipinski definition) is 1. The zero-order chi connectivity index (χ0) is 15.0. The van der Waals surface area contributed by atoms with Gasteiger partial charge in [0, 0.05) is 22.2 Å². The lowest BCUT2D eigenvalue weighted by molar-refractivity contribution is -0.137. The molecule has 0 saturated carbocycles. The van der Waals surface area contributed by atoms with Crippen LogP contribution in [0.15, 0.2) is 48.5 Å². The van der Waals surface area contributed by atoms with Crippen LogP contribution in [-0.2, 0) is 6.18 Å². The minimum atomic E-state index is -4.33. The maximum atomic E-state index is 12.7. The van der Waals surface area contributed by atoms with Crippen LogP contribution in [-0.4, -0.2) is 12.1 Å². The second kappa shape index (κ2) is 4.84. The Morgan fingerprint density at radius 3 is 2.52 bits per heavy atom. The van der Waals surface area contributed by atoms with E-state index in [0.717, 1.165) is 23.4 Å². The van der Waals surface area contributed by atoms with Crippen molar-refractivity contribution < 1.29 is 17.9 Å². The molecule has 3 aromatic rings. The van der Waals surface area contributed by atoms with Crippen LogP contribution >= 0.6 is 0 Å². The number of H-pyrrole nitrogens is 1. The van der Waals surface area contributed by atoms with E-state index in [1.807, 2.05) is 24.3 Å². The van der Waals surface area contributed by atoms with Crippen molar-refractivity contribution in [3.8, 4) is 17.0 Å². The number of ether oxygens (including phenoxy) is 1. The first-order valence-corrected chi connectivity index (χ1v) is 6.32. The van der Waals surface area contributed by atoms with Gasteiger partial charge in [0.15, 0.2) is 0 Å². The van der Waals surface area contributed by atoms with Gasteiger partial charge in [-0.2, -0.15) is 13.2 Å². The van der Waals surface area contributed by atoms with Crippen LogP contribution in [0.1, 0.15) is 5.56 Å². The molecule has 0 atom stereocenters. The molecule has 21 heavy (non-hydrogen) atoms. The summed E-state index contributed by atoms with van der Waals surface area (Å²) in [7, 11) is 1.57. The molecule has 5 heteroatoms. The summed E-state index contributed by atoms with van der Waals surface area (Å²) in [6.07, 6.45) is -4.33. The van der Waals surface area contributed by atoms with E-state index in [0.29, 0.717) is 16.7 Å². The van der Waals surface area contributed by atoms with Crippen molar-refractivity contribution in [3.05, 3.63) is 54.1 Å². The van der Waals surface area contributed by atoms with Crippen molar-refractivity contribution >= 4 is 10.9 Å². The highest BCUT2D eigenvalue weighted by Crippen LogP contribution is 2.33. The second-order valence-corrected chi connectivity index (χ2v) is 4.71. The van der Waals surface area contributed by atoms with Gasteiger partial charge in [0.25, 0.3) is 0 Å². The van der Waals surface area contributed by atoms with Crippen molar-refractivity contribution in [1.29, 1.82) is 0 Å². The van der Waals surface area contributed by atoms with Crippen LogP contribution in [0.2, 0.25) is 0 Å². The third-order valence-electron chi connectivity index (χ3n) is 3.33. The molecule has 3 rings (SSSR count). The Morgan fingerprint density at radius 1 is 1.00 bits per heavy atom. The maximum absolute atomic E-state index is 12.7. The van der Waals surface area contributed by atoms with Crippen molar-refractivity contribution in [3.63, 3.8) is 0 Å². The molecule has 108 valence electrons. The van der Waals surface area contributed by atoms with Crippen LogP contribution in [0.5, 0.6) is 5.75 Å². The molecule has 0 fully saturated rings. The third-order valence-corrected chi connectivity index (χ3v) is 3.33. The van der Waals surface area contributed by atoms with E-state index in [2.05, 4.69) is 4.98 Å². The summed E-state index contributed by atoms with van der Waals surface area (Å²) in [5, 5.41) is 0.530. The second-order valence-electron chi connectivity index (χ2n) is 4.71. The molecule has 0 bridgehead atoms. The minimum Gasteiger partial charge on any atom is -0.497 e. The van der Waals surface area contributed by atoms with Gasteiger partial charge in [-0.1, -0.05) is 12.1 Å². The predicted molar refractivity (Wildman–Crippen MR) is 75.3 cm³/mol. The van der Waals surface area contributed by atoms with Gasteiger partial charge in [-0.15, -0.1) is 0 Å². The fourth-order valence-corrected chi connectivity index (χ4v) is 2.26. The number of halogens is 3. The summed E-state index contributed by atoms with van der Waals surface area (Å²) in [5.41, 5.74) is 1.63. The first-order valence-electron chi connectivity index (χ1n) is 6.32. The zero-order valence-corrected chi connectivity index (χ0v) is 11.2. The van der Waals surface area contributed by atoms with E-state index in [4.69, 9.17) is 4.74 Å². The number of benzene rings is 2. The van der Waals surface area contributed by atoms with Gasteiger partial charge >= 0.3 is 6.18 Å². The van der Waals surface area contributed by atoms with E-state index >= 15 is 0 Å². The average molecular weight is 291 g/mol. The van der Waals surface area contributed by atoms with E-state index in [9.17, 15) is 13.2 Å². The summed E-state index contributed by atoms with van der Waals surface area (Å²) in [6, 6.07) is 12.7. The van der Waals surface area contributed by atoms with Crippen molar-refractivity contribution in [2.24, 2.45) is 0 Å². The molecule has 0 aliphatic rings. The number of fused-ring (bicyclic) bond motifs is 1. The van der Waals surface area contributed by atoms with Crippen molar-refractivity contribution in [2.75, 3.05) is 7.11 Å². The fraction of sp³-hybridized carbons (Fsp3) is 0.125. The molecule has 0 saturated heterocycles. The summed E-state index contributed by atoms with van der Waals surface area (Å²) >= 11 is 0. The Bertz CT molecular complexity index is 790. The quantitative estimate of drug-likeness (QED) is 0.716. The Balaban J connectivity index is 2.08. The summed E-state index contributed by atoms with van der Waals surface area (Å²) in [6.45, 7) is 0. The zero-order valence-electron chi connectivity index (χ0n) is 11.2. The van der Waals surface area contributed by atoms with Crippen LogP contribution < -0.4 is 4.74 Å². The lowest BCUT2D eigenvalue weighted by Crippen LogP contribution is -2.03. The largest absolute Gasteiger partial charge is 0.497 e. The smallest absolute Gasteiger partial charge is 0.416 e. The normalized spacial score (nSPS) is 11.8. The van der Waals surface area contributed by atoms with Gasteiger partial charge in [0.2, 0.25) is 0 Å². The Kier molecular flexibility index (Phi) is 3.12. The third kappa shape index (κ3) is 2.59. The highest BCUT2D eigenvalue weighted by atomic mass is 19.4. The molecule has 1 aromatic heterocycles. The summed E-state index contributed by atoms with van der Waals surface area (Å²) in [5.74, 6) is 0.696.